The fraction of sp³-hybridized carbons (Fsp3) is 0.238. The Labute approximate surface area is 185 Å². The summed E-state index contributed by atoms with van der Waals surface area (Å²) in [6.45, 7) is 1.71. The van der Waals surface area contributed by atoms with Gasteiger partial charge in [-0.1, -0.05) is 35.9 Å². The van der Waals surface area contributed by atoms with Crippen molar-refractivity contribution >= 4 is 33.4 Å². The number of methoxy groups -OCH3 is 1. The fourth-order valence-corrected chi connectivity index (χ4v) is 5.12. The molecule has 8 nitrogen and oxygen atoms in total. The Bertz CT molecular complexity index is 1150. The van der Waals surface area contributed by atoms with Crippen LogP contribution in [-0.4, -0.2) is 39.9 Å². The van der Waals surface area contributed by atoms with Crippen LogP contribution in [0.25, 0.3) is 0 Å². The smallest absolute Gasteiger partial charge is 0.338 e. The lowest BCUT2D eigenvalue weighted by Crippen LogP contribution is -2.47. The number of ether oxygens (including phenoxy) is 2. The zero-order valence-electron chi connectivity index (χ0n) is 16.8. The maximum atomic E-state index is 13.0. The average molecular weight is 465 g/mol. The third-order valence-corrected chi connectivity index (χ3v) is 6.72. The average Bonchev–Trinajstić information content (AvgIpc) is 2.73. The summed E-state index contributed by atoms with van der Waals surface area (Å²) in [4.78, 5) is 25.1. The molecule has 3 rings (SSSR count). The highest BCUT2D eigenvalue weighted by atomic mass is 35.5. The minimum absolute atomic E-state index is 0.00895. The number of hydrogen-bond acceptors (Lipinski definition) is 6. The van der Waals surface area contributed by atoms with Crippen molar-refractivity contribution in [1.82, 2.24) is 10.6 Å². The second-order valence-electron chi connectivity index (χ2n) is 6.61. The molecule has 2 N–H and O–H groups in total. The number of benzene rings is 2. The molecule has 1 heterocycles. The van der Waals surface area contributed by atoms with E-state index in [0.717, 1.165) is 0 Å². The van der Waals surface area contributed by atoms with Gasteiger partial charge < -0.3 is 20.1 Å². The van der Waals surface area contributed by atoms with Crippen LogP contribution < -0.4 is 15.4 Å². The SMILES string of the molecule is CCOC(=O)C1=C(CS(=O)(=O)c2ccccc2Cl)NC(=O)NC1c1cccc(OC)c1. The molecule has 0 spiro atoms. The first-order chi connectivity index (χ1) is 14.8. The van der Waals surface area contributed by atoms with Crippen LogP contribution in [0.15, 0.2) is 64.7 Å². The Morgan fingerprint density at radius 1 is 1.16 bits per heavy atom. The summed E-state index contributed by atoms with van der Waals surface area (Å²) in [5, 5.41) is 5.16. The third kappa shape index (κ3) is 5.00. The van der Waals surface area contributed by atoms with Crippen LogP contribution in [-0.2, 0) is 19.4 Å². The van der Waals surface area contributed by atoms with E-state index in [1.807, 2.05) is 0 Å². The minimum Gasteiger partial charge on any atom is -0.497 e. The van der Waals surface area contributed by atoms with Crippen LogP contribution in [0.3, 0.4) is 0 Å². The zero-order valence-corrected chi connectivity index (χ0v) is 18.4. The van der Waals surface area contributed by atoms with Crippen molar-refractivity contribution < 1.29 is 27.5 Å². The number of carbonyl (C=O) groups excluding carboxylic acids is 2. The molecular weight excluding hydrogens is 444 g/mol. The molecule has 0 bridgehead atoms. The van der Waals surface area contributed by atoms with Crippen molar-refractivity contribution in [2.75, 3.05) is 19.5 Å². The number of amides is 2. The molecule has 0 aliphatic carbocycles. The number of sulfone groups is 1. The summed E-state index contributed by atoms with van der Waals surface area (Å²) >= 11 is 6.06. The summed E-state index contributed by atoms with van der Waals surface area (Å²) in [5.41, 5.74) is 0.449. The van der Waals surface area contributed by atoms with Gasteiger partial charge in [0.05, 0.1) is 41.0 Å². The highest BCUT2D eigenvalue weighted by molar-refractivity contribution is 7.91. The van der Waals surface area contributed by atoms with Gasteiger partial charge in [-0.25, -0.2) is 18.0 Å². The van der Waals surface area contributed by atoms with Crippen LogP contribution in [0.4, 0.5) is 4.79 Å². The molecule has 1 atom stereocenters. The number of rotatable bonds is 7. The van der Waals surface area contributed by atoms with Gasteiger partial charge in [0.2, 0.25) is 0 Å². The van der Waals surface area contributed by atoms with Gasteiger partial charge in [0.1, 0.15) is 5.75 Å². The van der Waals surface area contributed by atoms with Crippen LogP contribution in [0.2, 0.25) is 5.02 Å². The second kappa shape index (κ2) is 9.40. The summed E-state index contributed by atoms with van der Waals surface area (Å²) in [6, 6.07) is 11.1. The summed E-state index contributed by atoms with van der Waals surface area (Å²) in [6.07, 6.45) is 0. The molecule has 0 saturated heterocycles. The van der Waals surface area contributed by atoms with E-state index in [9.17, 15) is 18.0 Å². The van der Waals surface area contributed by atoms with Crippen molar-refractivity contribution in [3.63, 3.8) is 0 Å². The van der Waals surface area contributed by atoms with Crippen LogP contribution in [0.5, 0.6) is 5.75 Å². The second-order valence-corrected chi connectivity index (χ2v) is 8.98. The van der Waals surface area contributed by atoms with Crippen molar-refractivity contribution in [3.8, 4) is 5.75 Å². The quantitative estimate of drug-likeness (QED) is 0.609. The molecule has 164 valence electrons. The first kappa shape index (κ1) is 22.6. The number of urea groups is 1. The Morgan fingerprint density at radius 2 is 1.90 bits per heavy atom. The largest absolute Gasteiger partial charge is 0.497 e. The summed E-state index contributed by atoms with van der Waals surface area (Å²) < 4.78 is 36.5. The molecule has 2 aromatic rings. The molecule has 2 amide bonds. The Kier molecular flexibility index (Phi) is 6.87. The highest BCUT2D eigenvalue weighted by Gasteiger charge is 2.36. The van der Waals surface area contributed by atoms with Crippen molar-refractivity contribution in [1.29, 1.82) is 0 Å². The Hall–Kier alpha value is -3.04. The van der Waals surface area contributed by atoms with Crippen molar-refractivity contribution in [3.05, 3.63) is 70.4 Å². The van der Waals surface area contributed by atoms with Crippen molar-refractivity contribution in [2.45, 2.75) is 17.9 Å². The van der Waals surface area contributed by atoms with Gasteiger partial charge in [-0.3, -0.25) is 0 Å². The predicted molar refractivity (Wildman–Crippen MR) is 115 cm³/mol. The van der Waals surface area contributed by atoms with E-state index < -0.39 is 33.6 Å². The molecule has 1 aliphatic heterocycles. The molecule has 0 fully saturated rings. The van der Waals surface area contributed by atoms with E-state index in [4.69, 9.17) is 21.1 Å². The number of esters is 1. The standard InChI is InChI=1S/C21H21ClN2O6S/c1-3-30-20(25)18-16(12-31(27,28)17-10-5-4-9-15(17)22)23-21(26)24-19(18)13-7-6-8-14(11-13)29-2/h4-11,19H,3,12H2,1-2H3,(H2,23,24,26). The molecule has 10 heteroatoms. The third-order valence-electron chi connectivity index (χ3n) is 4.58. The molecule has 31 heavy (non-hydrogen) atoms. The molecule has 0 aromatic heterocycles. The van der Waals surface area contributed by atoms with E-state index in [0.29, 0.717) is 11.3 Å². The number of halogens is 1. The van der Waals surface area contributed by atoms with Gasteiger partial charge in [0, 0.05) is 5.70 Å². The number of hydrogen-bond donors (Lipinski definition) is 2. The lowest BCUT2D eigenvalue weighted by molar-refractivity contribution is -0.139. The maximum absolute atomic E-state index is 13.0. The van der Waals surface area contributed by atoms with E-state index in [-0.39, 0.29) is 27.8 Å². The van der Waals surface area contributed by atoms with Gasteiger partial charge in [-0.15, -0.1) is 0 Å². The van der Waals surface area contributed by atoms with Crippen LogP contribution in [0, 0.1) is 0 Å². The van der Waals surface area contributed by atoms with E-state index >= 15 is 0 Å². The number of carbonyl (C=O) groups is 2. The molecule has 1 aliphatic rings. The van der Waals surface area contributed by atoms with E-state index in [1.165, 1.54) is 19.2 Å². The molecule has 2 aromatic carbocycles. The maximum Gasteiger partial charge on any atom is 0.338 e. The van der Waals surface area contributed by atoms with Gasteiger partial charge >= 0.3 is 12.0 Å². The summed E-state index contributed by atoms with van der Waals surface area (Å²) in [5.74, 6) is -0.871. The molecule has 0 saturated carbocycles. The molecule has 1 unspecified atom stereocenters. The van der Waals surface area contributed by atoms with Gasteiger partial charge in [-0.2, -0.15) is 0 Å². The first-order valence-electron chi connectivity index (χ1n) is 9.35. The van der Waals surface area contributed by atoms with Crippen LogP contribution in [0.1, 0.15) is 18.5 Å². The topological polar surface area (TPSA) is 111 Å². The summed E-state index contributed by atoms with van der Waals surface area (Å²) in [7, 11) is -2.49. The highest BCUT2D eigenvalue weighted by Crippen LogP contribution is 2.31. The Morgan fingerprint density at radius 3 is 2.58 bits per heavy atom. The van der Waals surface area contributed by atoms with Gasteiger partial charge in [-0.05, 0) is 36.8 Å². The molecule has 0 radical (unpaired) electrons. The lowest BCUT2D eigenvalue weighted by Gasteiger charge is -2.29. The van der Waals surface area contributed by atoms with Crippen molar-refractivity contribution in [2.24, 2.45) is 0 Å². The predicted octanol–water partition coefficient (Wildman–Crippen LogP) is 2.99. The monoisotopic (exact) mass is 464 g/mol. The normalized spacial score (nSPS) is 16.4. The number of nitrogens with one attached hydrogen (secondary N) is 2. The fourth-order valence-electron chi connectivity index (χ4n) is 3.22. The van der Waals surface area contributed by atoms with Gasteiger partial charge in [0.15, 0.2) is 9.84 Å². The van der Waals surface area contributed by atoms with E-state index in [2.05, 4.69) is 10.6 Å². The van der Waals surface area contributed by atoms with E-state index in [1.54, 1.807) is 43.3 Å². The first-order valence-corrected chi connectivity index (χ1v) is 11.4. The lowest BCUT2D eigenvalue weighted by atomic mass is 9.95. The Balaban J connectivity index is 2.13. The van der Waals surface area contributed by atoms with Crippen LogP contribution >= 0.6 is 11.6 Å². The molecular formula is C21H21ClN2O6S. The van der Waals surface area contributed by atoms with Gasteiger partial charge in [0.25, 0.3) is 0 Å². The minimum atomic E-state index is -3.98. The zero-order chi connectivity index (χ0) is 22.6.